The molecule has 0 spiro atoms. The van der Waals surface area contributed by atoms with E-state index < -0.39 is 5.97 Å². The molecule has 0 bridgehead atoms. The number of carboxylic acids is 1. The molecule has 6 heteroatoms. The first kappa shape index (κ1) is 15.3. The summed E-state index contributed by atoms with van der Waals surface area (Å²) in [6.45, 7) is 0. The number of aliphatic carboxylic acids is 1. The number of rotatable bonds is 4. The van der Waals surface area contributed by atoms with E-state index in [4.69, 9.17) is 9.84 Å². The van der Waals surface area contributed by atoms with Gasteiger partial charge in [0.2, 0.25) is 0 Å². The topological polar surface area (TPSA) is 63.8 Å². The minimum absolute atomic E-state index is 0.692. The van der Waals surface area contributed by atoms with Gasteiger partial charge in [0.25, 0.3) is 0 Å². The van der Waals surface area contributed by atoms with Crippen molar-refractivity contribution in [1.29, 1.82) is 0 Å². The molecule has 0 fully saturated rings. The Bertz CT molecular complexity index is 915. The SMILES string of the molecule is COc1cccc(-c2nc3ccc(Br)cn3c2/C=C\C(=O)O)c1. The fraction of sp³-hybridized carbons (Fsp3) is 0.0588. The van der Waals surface area contributed by atoms with Crippen LogP contribution in [-0.2, 0) is 4.79 Å². The maximum atomic E-state index is 10.9. The Kier molecular flexibility index (Phi) is 4.16. The van der Waals surface area contributed by atoms with Gasteiger partial charge in [-0.1, -0.05) is 12.1 Å². The fourth-order valence-corrected chi connectivity index (χ4v) is 2.67. The Morgan fingerprint density at radius 2 is 2.17 bits per heavy atom. The first-order chi connectivity index (χ1) is 11.1. The molecule has 23 heavy (non-hydrogen) atoms. The van der Waals surface area contributed by atoms with Crippen LogP contribution in [0.25, 0.3) is 23.0 Å². The van der Waals surface area contributed by atoms with Gasteiger partial charge in [-0.05, 0) is 46.3 Å². The van der Waals surface area contributed by atoms with Gasteiger partial charge >= 0.3 is 5.97 Å². The first-order valence-electron chi connectivity index (χ1n) is 6.81. The third kappa shape index (κ3) is 3.12. The molecular formula is C17H13BrN2O3. The zero-order valence-electron chi connectivity index (χ0n) is 12.2. The van der Waals surface area contributed by atoms with Gasteiger partial charge in [0.1, 0.15) is 11.4 Å². The lowest BCUT2D eigenvalue weighted by Crippen LogP contribution is -1.91. The summed E-state index contributed by atoms with van der Waals surface area (Å²) in [6.07, 6.45) is 4.51. The van der Waals surface area contributed by atoms with Gasteiger partial charge in [0, 0.05) is 22.3 Å². The molecule has 0 saturated heterocycles. The van der Waals surface area contributed by atoms with E-state index in [2.05, 4.69) is 20.9 Å². The van der Waals surface area contributed by atoms with Crippen LogP contribution >= 0.6 is 15.9 Å². The van der Waals surface area contributed by atoms with Crippen molar-refractivity contribution < 1.29 is 14.6 Å². The van der Waals surface area contributed by atoms with Gasteiger partial charge in [-0.15, -0.1) is 0 Å². The summed E-state index contributed by atoms with van der Waals surface area (Å²) in [7, 11) is 1.60. The second kappa shape index (κ2) is 6.26. The van der Waals surface area contributed by atoms with Gasteiger partial charge < -0.3 is 9.84 Å². The molecule has 0 saturated carbocycles. The van der Waals surface area contributed by atoms with Gasteiger partial charge in [0.05, 0.1) is 18.5 Å². The van der Waals surface area contributed by atoms with Gasteiger partial charge in [-0.25, -0.2) is 9.78 Å². The van der Waals surface area contributed by atoms with Crippen LogP contribution in [0.5, 0.6) is 5.75 Å². The average molecular weight is 373 g/mol. The van der Waals surface area contributed by atoms with E-state index in [1.165, 1.54) is 0 Å². The van der Waals surface area contributed by atoms with E-state index in [1.54, 1.807) is 13.2 Å². The number of benzene rings is 1. The molecule has 1 aromatic carbocycles. The van der Waals surface area contributed by atoms with E-state index in [0.29, 0.717) is 17.1 Å². The van der Waals surface area contributed by atoms with Crippen molar-refractivity contribution in [3.63, 3.8) is 0 Å². The molecule has 0 aliphatic rings. The van der Waals surface area contributed by atoms with Gasteiger partial charge in [0.15, 0.2) is 0 Å². The normalized spacial score (nSPS) is 11.2. The minimum Gasteiger partial charge on any atom is -0.497 e. The molecule has 0 aliphatic carbocycles. The molecule has 0 radical (unpaired) electrons. The van der Waals surface area contributed by atoms with Crippen molar-refractivity contribution in [3.8, 4) is 17.0 Å². The number of halogens is 1. The summed E-state index contributed by atoms with van der Waals surface area (Å²) in [5, 5.41) is 8.94. The number of nitrogens with zero attached hydrogens (tertiary/aromatic N) is 2. The van der Waals surface area contributed by atoms with Crippen LogP contribution in [0.4, 0.5) is 0 Å². The predicted molar refractivity (Wildman–Crippen MR) is 91.5 cm³/mol. The Balaban J connectivity index is 2.26. The molecule has 3 rings (SSSR count). The second-order valence-corrected chi connectivity index (χ2v) is 5.74. The third-order valence-corrected chi connectivity index (χ3v) is 3.82. The Morgan fingerprint density at radius 3 is 2.91 bits per heavy atom. The number of carbonyl (C=O) groups is 1. The Labute approximate surface area is 141 Å². The van der Waals surface area contributed by atoms with Crippen LogP contribution in [0.15, 0.2) is 53.1 Å². The highest BCUT2D eigenvalue weighted by Gasteiger charge is 2.13. The molecule has 3 aromatic rings. The number of methoxy groups -OCH3 is 1. The van der Waals surface area contributed by atoms with Crippen molar-refractivity contribution in [2.45, 2.75) is 0 Å². The van der Waals surface area contributed by atoms with Crippen LogP contribution in [-0.4, -0.2) is 27.6 Å². The minimum atomic E-state index is -1.01. The standard InChI is InChI=1S/C17H13BrN2O3/c1-23-13-4-2-3-11(9-13)17-14(6-8-16(21)22)20-10-12(18)5-7-15(20)19-17/h2-10H,1H3,(H,21,22)/b8-6-. The number of ether oxygens (including phenoxy) is 1. The quantitative estimate of drug-likeness (QED) is 0.706. The van der Waals surface area contributed by atoms with Crippen LogP contribution < -0.4 is 4.74 Å². The van der Waals surface area contributed by atoms with Crippen molar-refractivity contribution in [1.82, 2.24) is 9.38 Å². The lowest BCUT2D eigenvalue weighted by molar-refractivity contribution is -0.131. The van der Waals surface area contributed by atoms with Gasteiger partial charge in [-0.3, -0.25) is 4.40 Å². The summed E-state index contributed by atoms with van der Waals surface area (Å²) in [5.74, 6) is -0.291. The highest BCUT2D eigenvalue weighted by molar-refractivity contribution is 9.10. The predicted octanol–water partition coefficient (Wildman–Crippen LogP) is 3.87. The molecule has 0 atom stereocenters. The number of fused-ring (bicyclic) bond motifs is 1. The van der Waals surface area contributed by atoms with Crippen molar-refractivity contribution >= 4 is 33.6 Å². The van der Waals surface area contributed by atoms with Crippen LogP contribution in [0.2, 0.25) is 0 Å². The van der Waals surface area contributed by atoms with Crippen molar-refractivity contribution in [3.05, 3.63) is 58.8 Å². The van der Waals surface area contributed by atoms with Crippen molar-refractivity contribution in [2.75, 3.05) is 7.11 Å². The first-order valence-corrected chi connectivity index (χ1v) is 7.61. The number of carboxylic acid groups (broad SMARTS) is 1. The molecule has 2 aromatic heterocycles. The summed E-state index contributed by atoms with van der Waals surface area (Å²) >= 11 is 3.43. The molecule has 2 heterocycles. The Morgan fingerprint density at radius 1 is 1.35 bits per heavy atom. The van der Waals surface area contributed by atoms with Crippen LogP contribution in [0, 0.1) is 0 Å². The van der Waals surface area contributed by atoms with E-state index in [0.717, 1.165) is 21.8 Å². The number of hydrogen-bond acceptors (Lipinski definition) is 3. The second-order valence-electron chi connectivity index (χ2n) is 4.82. The van der Waals surface area contributed by atoms with E-state index in [1.807, 2.05) is 47.0 Å². The van der Waals surface area contributed by atoms with Crippen molar-refractivity contribution in [2.24, 2.45) is 0 Å². The summed E-state index contributed by atoms with van der Waals surface area (Å²) in [5.41, 5.74) is 2.97. The molecule has 0 amide bonds. The maximum absolute atomic E-state index is 10.9. The molecule has 1 N–H and O–H groups in total. The van der Waals surface area contributed by atoms with E-state index in [-0.39, 0.29) is 0 Å². The molecule has 5 nitrogen and oxygen atoms in total. The third-order valence-electron chi connectivity index (χ3n) is 3.35. The van der Waals surface area contributed by atoms with Crippen LogP contribution in [0.3, 0.4) is 0 Å². The summed E-state index contributed by atoms with van der Waals surface area (Å²) < 4.78 is 7.98. The number of pyridine rings is 1. The maximum Gasteiger partial charge on any atom is 0.328 e. The Hall–Kier alpha value is -2.60. The largest absolute Gasteiger partial charge is 0.497 e. The van der Waals surface area contributed by atoms with Crippen LogP contribution in [0.1, 0.15) is 5.69 Å². The molecule has 0 aliphatic heterocycles. The number of imidazole rings is 1. The van der Waals surface area contributed by atoms with Gasteiger partial charge in [-0.2, -0.15) is 0 Å². The lowest BCUT2D eigenvalue weighted by atomic mass is 10.1. The van der Waals surface area contributed by atoms with E-state index in [9.17, 15) is 4.79 Å². The monoisotopic (exact) mass is 372 g/mol. The summed E-state index contributed by atoms with van der Waals surface area (Å²) in [6, 6.07) is 11.3. The average Bonchev–Trinajstić information content (AvgIpc) is 2.90. The fourth-order valence-electron chi connectivity index (χ4n) is 2.33. The van der Waals surface area contributed by atoms with E-state index >= 15 is 0 Å². The molecule has 0 unspecified atom stereocenters. The molecule has 116 valence electrons. The number of hydrogen-bond donors (Lipinski definition) is 1. The molecular weight excluding hydrogens is 360 g/mol. The number of aromatic nitrogens is 2. The highest BCUT2D eigenvalue weighted by atomic mass is 79.9. The zero-order chi connectivity index (χ0) is 16.4. The highest BCUT2D eigenvalue weighted by Crippen LogP contribution is 2.29. The summed E-state index contributed by atoms with van der Waals surface area (Å²) in [4.78, 5) is 15.5. The zero-order valence-corrected chi connectivity index (χ0v) is 13.8. The lowest BCUT2D eigenvalue weighted by Gasteiger charge is -2.04. The smallest absolute Gasteiger partial charge is 0.328 e.